The van der Waals surface area contributed by atoms with Crippen molar-refractivity contribution in [1.82, 2.24) is 9.13 Å². The Bertz CT molecular complexity index is 964. The van der Waals surface area contributed by atoms with Crippen molar-refractivity contribution in [3.8, 4) is 5.75 Å². The van der Waals surface area contributed by atoms with Crippen LogP contribution in [0.1, 0.15) is 18.2 Å². The molecule has 124 valence electrons. The van der Waals surface area contributed by atoms with Crippen LogP contribution in [0.3, 0.4) is 0 Å². The summed E-state index contributed by atoms with van der Waals surface area (Å²) >= 11 is 0. The summed E-state index contributed by atoms with van der Waals surface area (Å²) in [4.78, 5) is 4.26. The Kier molecular flexibility index (Phi) is 4.25. The highest BCUT2D eigenvalue weighted by Gasteiger charge is 2.15. The van der Waals surface area contributed by atoms with Crippen molar-refractivity contribution in [2.24, 2.45) is 4.99 Å². The minimum absolute atomic E-state index is 0.310. The van der Waals surface area contributed by atoms with Gasteiger partial charge in [-0.2, -0.15) is 0 Å². The zero-order valence-corrected chi connectivity index (χ0v) is 14.5. The molecule has 3 rings (SSSR count). The van der Waals surface area contributed by atoms with Crippen LogP contribution in [0, 0.1) is 12.3 Å². The van der Waals surface area contributed by atoms with Crippen LogP contribution >= 0.6 is 0 Å². The van der Waals surface area contributed by atoms with Crippen LogP contribution in [0.4, 0.5) is 0 Å². The first kappa shape index (κ1) is 16.1. The third kappa shape index (κ3) is 2.62. The third-order valence-corrected chi connectivity index (χ3v) is 4.34. The normalized spacial score (nSPS) is 11.9. The summed E-state index contributed by atoms with van der Waals surface area (Å²) in [6.07, 6.45) is 0. The fourth-order valence-corrected chi connectivity index (χ4v) is 3.00. The van der Waals surface area contributed by atoms with E-state index < -0.39 is 0 Å². The van der Waals surface area contributed by atoms with Crippen LogP contribution in [0.5, 0.6) is 5.75 Å². The summed E-state index contributed by atoms with van der Waals surface area (Å²) < 4.78 is 9.50. The lowest BCUT2D eigenvalue weighted by Crippen LogP contribution is -2.26. The molecule has 0 atom stereocenters. The molecule has 0 amide bonds. The van der Waals surface area contributed by atoms with Gasteiger partial charge in [0.2, 0.25) is 0 Å². The second kappa shape index (κ2) is 6.35. The number of ether oxygens (including phenoxy) is 1. The van der Waals surface area contributed by atoms with Crippen LogP contribution < -0.4 is 10.2 Å². The molecular formula is C19H22N4O. The monoisotopic (exact) mass is 322 g/mol. The number of aliphatic imine (C=N–C) groups is 1. The number of hydrogen-bond donors (Lipinski definition) is 1. The van der Waals surface area contributed by atoms with Crippen LogP contribution in [0.15, 0.2) is 47.5 Å². The molecule has 1 aromatic carbocycles. The van der Waals surface area contributed by atoms with Crippen LogP contribution in [-0.2, 0) is 6.54 Å². The number of benzene rings is 1. The Morgan fingerprint density at radius 1 is 1.17 bits per heavy atom. The van der Waals surface area contributed by atoms with Gasteiger partial charge >= 0.3 is 0 Å². The molecule has 0 unspecified atom stereocenters. The first-order chi connectivity index (χ1) is 11.6. The Morgan fingerprint density at radius 2 is 1.88 bits per heavy atom. The van der Waals surface area contributed by atoms with Gasteiger partial charge in [-0.3, -0.25) is 15.0 Å². The Morgan fingerprint density at radius 3 is 2.50 bits per heavy atom. The second-order valence-corrected chi connectivity index (χ2v) is 5.80. The minimum Gasteiger partial charge on any atom is -0.493 e. The molecule has 2 aromatic heterocycles. The molecule has 0 aliphatic heterocycles. The zero-order valence-electron chi connectivity index (χ0n) is 14.5. The fourth-order valence-electron chi connectivity index (χ4n) is 3.00. The van der Waals surface area contributed by atoms with Gasteiger partial charge in [0.25, 0.3) is 0 Å². The molecule has 0 bridgehead atoms. The number of fused-ring (bicyclic) bond motifs is 1. The van der Waals surface area contributed by atoms with Gasteiger partial charge in [0.05, 0.1) is 18.1 Å². The number of methoxy groups -OCH3 is 1. The molecule has 3 aromatic rings. The van der Waals surface area contributed by atoms with Gasteiger partial charge in [0.1, 0.15) is 5.84 Å². The van der Waals surface area contributed by atoms with Crippen molar-refractivity contribution in [3.63, 3.8) is 0 Å². The molecule has 0 saturated carbocycles. The van der Waals surface area contributed by atoms with Crippen molar-refractivity contribution < 1.29 is 4.74 Å². The standard InChI is InChI=1S/C19H22N4O/c1-13-10-17-16(22(13)12-15-8-6-5-7-9-15)11-18(24-4)19(20)23(17)14(2)21-3/h5-11,20H,12H2,1-4H3. The summed E-state index contributed by atoms with van der Waals surface area (Å²) in [6.45, 7) is 4.77. The van der Waals surface area contributed by atoms with E-state index in [1.165, 1.54) is 5.56 Å². The van der Waals surface area contributed by atoms with Crippen LogP contribution in [-0.4, -0.2) is 29.1 Å². The quantitative estimate of drug-likeness (QED) is 0.584. The third-order valence-electron chi connectivity index (χ3n) is 4.34. The van der Waals surface area contributed by atoms with E-state index in [9.17, 15) is 0 Å². The van der Waals surface area contributed by atoms with Gasteiger partial charge in [0, 0.05) is 25.4 Å². The molecule has 0 fully saturated rings. The van der Waals surface area contributed by atoms with Gasteiger partial charge in [-0.05, 0) is 25.5 Å². The highest BCUT2D eigenvalue weighted by Crippen LogP contribution is 2.23. The highest BCUT2D eigenvalue weighted by molar-refractivity contribution is 5.93. The maximum absolute atomic E-state index is 8.41. The van der Waals surface area contributed by atoms with E-state index in [1.54, 1.807) is 14.2 Å². The van der Waals surface area contributed by atoms with E-state index in [4.69, 9.17) is 10.1 Å². The number of pyridine rings is 1. The maximum atomic E-state index is 8.41. The van der Waals surface area contributed by atoms with Crippen LogP contribution in [0.25, 0.3) is 11.0 Å². The summed E-state index contributed by atoms with van der Waals surface area (Å²) in [7, 11) is 3.33. The number of nitrogens with one attached hydrogen (secondary N) is 1. The van der Waals surface area contributed by atoms with Gasteiger partial charge < -0.3 is 9.30 Å². The van der Waals surface area contributed by atoms with Gasteiger partial charge in [-0.25, -0.2) is 0 Å². The Labute approximate surface area is 141 Å². The average molecular weight is 322 g/mol. The topological polar surface area (TPSA) is 55.3 Å². The predicted molar refractivity (Wildman–Crippen MR) is 97.0 cm³/mol. The minimum atomic E-state index is 0.310. The number of rotatable bonds is 3. The Hall–Kier alpha value is -2.82. The van der Waals surface area contributed by atoms with Crippen molar-refractivity contribution >= 4 is 16.9 Å². The second-order valence-electron chi connectivity index (χ2n) is 5.80. The number of nitrogens with zero attached hydrogens (tertiary/aromatic N) is 3. The molecule has 1 N–H and O–H groups in total. The summed E-state index contributed by atoms with van der Waals surface area (Å²) in [6, 6.07) is 14.4. The molecule has 5 heteroatoms. The smallest absolute Gasteiger partial charge is 0.174 e. The lowest BCUT2D eigenvalue weighted by Gasteiger charge is -2.13. The summed E-state index contributed by atoms with van der Waals surface area (Å²) in [5.41, 5.74) is 4.69. The highest BCUT2D eigenvalue weighted by atomic mass is 16.5. The lowest BCUT2D eigenvalue weighted by atomic mass is 10.2. The molecule has 0 spiro atoms. The van der Waals surface area contributed by atoms with E-state index in [2.05, 4.69) is 34.7 Å². The molecule has 24 heavy (non-hydrogen) atoms. The van der Waals surface area contributed by atoms with E-state index in [1.807, 2.05) is 35.8 Å². The molecule has 0 aliphatic rings. The summed E-state index contributed by atoms with van der Waals surface area (Å²) in [5, 5.41) is 8.41. The first-order valence-electron chi connectivity index (χ1n) is 7.89. The fraction of sp³-hybridized carbons (Fsp3) is 0.263. The molecule has 5 nitrogen and oxygen atoms in total. The Balaban J connectivity index is 2.29. The molecule has 2 heterocycles. The van der Waals surface area contributed by atoms with Gasteiger partial charge in [-0.15, -0.1) is 0 Å². The van der Waals surface area contributed by atoms with Gasteiger partial charge in [-0.1, -0.05) is 30.3 Å². The molecule has 0 aliphatic carbocycles. The molecule has 0 saturated heterocycles. The average Bonchev–Trinajstić information content (AvgIpc) is 2.90. The van der Waals surface area contributed by atoms with E-state index >= 15 is 0 Å². The van der Waals surface area contributed by atoms with E-state index in [0.717, 1.165) is 29.1 Å². The van der Waals surface area contributed by atoms with Crippen molar-refractivity contribution in [2.75, 3.05) is 14.2 Å². The zero-order chi connectivity index (χ0) is 17.3. The first-order valence-corrected chi connectivity index (χ1v) is 7.89. The molecular weight excluding hydrogens is 300 g/mol. The number of aryl methyl sites for hydroxylation is 1. The van der Waals surface area contributed by atoms with Gasteiger partial charge in [0.15, 0.2) is 11.2 Å². The van der Waals surface area contributed by atoms with Crippen molar-refractivity contribution in [1.29, 1.82) is 5.41 Å². The van der Waals surface area contributed by atoms with Crippen LogP contribution in [0.2, 0.25) is 0 Å². The maximum Gasteiger partial charge on any atom is 0.174 e. The van der Waals surface area contributed by atoms with Crippen molar-refractivity contribution in [3.05, 3.63) is 59.2 Å². The lowest BCUT2D eigenvalue weighted by molar-refractivity contribution is 0.405. The van der Waals surface area contributed by atoms with E-state index in [0.29, 0.717) is 11.2 Å². The molecule has 0 radical (unpaired) electrons. The number of hydrogen-bond acceptors (Lipinski definition) is 3. The largest absolute Gasteiger partial charge is 0.493 e. The summed E-state index contributed by atoms with van der Waals surface area (Å²) in [5.74, 6) is 1.30. The van der Waals surface area contributed by atoms with Crippen molar-refractivity contribution in [2.45, 2.75) is 20.4 Å². The number of aromatic nitrogens is 2. The van der Waals surface area contributed by atoms with E-state index in [-0.39, 0.29) is 0 Å². The SMILES string of the molecule is CN=C(C)n1c(=N)c(OC)cc2c1cc(C)n2Cc1ccccc1. The predicted octanol–water partition coefficient (Wildman–Crippen LogP) is 3.18.